The lowest BCUT2D eigenvalue weighted by atomic mass is 10.2. The van der Waals surface area contributed by atoms with E-state index in [0.717, 1.165) is 24.3 Å². The van der Waals surface area contributed by atoms with Crippen LogP contribution in [-0.4, -0.2) is 33.3 Å². The number of fused-ring (bicyclic) bond motifs is 1. The second kappa shape index (κ2) is 4.57. The fraction of sp³-hybridized carbons (Fsp3) is 0.545. The topological polar surface area (TPSA) is 83.7 Å². The summed E-state index contributed by atoms with van der Waals surface area (Å²) in [4.78, 5) is 10.6. The largest absolute Gasteiger partial charge is 0.368 e. The second-order valence-corrected chi connectivity index (χ2v) is 4.47. The number of rotatable bonds is 4. The molecule has 0 aromatic carbocycles. The van der Waals surface area contributed by atoms with Crippen molar-refractivity contribution in [2.45, 2.75) is 20.8 Å². The molecule has 0 atom stereocenters. The van der Waals surface area contributed by atoms with Gasteiger partial charge in [0.25, 0.3) is 0 Å². The van der Waals surface area contributed by atoms with Crippen LogP contribution in [0.3, 0.4) is 0 Å². The predicted molar refractivity (Wildman–Crippen MR) is 68.8 cm³/mol. The lowest BCUT2D eigenvalue weighted by Gasteiger charge is -2.24. The van der Waals surface area contributed by atoms with Crippen LogP contribution in [0.15, 0.2) is 6.20 Å². The SMILES string of the molecule is CCN(CC(C)C)c1nc(N)nc2[nH]ncc12. The summed E-state index contributed by atoms with van der Waals surface area (Å²) in [5.41, 5.74) is 6.40. The Morgan fingerprint density at radius 1 is 1.41 bits per heavy atom. The molecule has 0 aliphatic carbocycles. The minimum absolute atomic E-state index is 0.277. The van der Waals surface area contributed by atoms with Gasteiger partial charge in [0, 0.05) is 13.1 Å². The third-order valence-corrected chi connectivity index (χ3v) is 2.57. The summed E-state index contributed by atoms with van der Waals surface area (Å²) in [7, 11) is 0. The van der Waals surface area contributed by atoms with Crippen molar-refractivity contribution >= 4 is 22.8 Å². The van der Waals surface area contributed by atoms with Crippen LogP contribution in [-0.2, 0) is 0 Å². The molecule has 2 rings (SSSR count). The molecule has 6 heteroatoms. The second-order valence-electron chi connectivity index (χ2n) is 4.47. The molecule has 0 saturated heterocycles. The number of nitrogens with two attached hydrogens (primary N) is 1. The zero-order valence-electron chi connectivity index (χ0n) is 10.4. The molecular weight excluding hydrogens is 216 g/mol. The molecule has 0 aliphatic rings. The van der Waals surface area contributed by atoms with Gasteiger partial charge in [-0.25, -0.2) is 0 Å². The lowest BCUT2D eigenvalue weighted by Crippen LogP contribution is -2.28. The van der Waals surface area contributed by atoms with E-state index in [1.54, 1.807) is 6.20 Å². The van der Waals surface area contributed by atoms with Crippen LogP contribution in [0, 0.1) is 5.92 Å². The van der Waals surface area contributed by atoms with E-state index in [1.807, 2.05) is 0 Å². The zero-order chi connectivity index (χ0) is 12.4. The molecule has 2 aromatic heterocycles. The summed E-state index contributed by atoms with van der Waals surface area (Å²) < 4.78 is 0. The van der Waals surface area contributed by atoms with E-state index >= 15 is 0 Å². The minimum Gasteiger partial charge on any atom is -0.368 e. The molecule has 2 heterocycles. The van der Waals surface area contributed by atoms with E-state index in [9.17, 15) is 0 Å². The molecule has 2 aromatic rings. The first-order chi connectivity index (χ1) is 8.11. The van der Waals surface area contributed by atoms with Crippen molar-refractivity contribution in [2.24, 2.45) is 5.92 Å². The first-order valence-electron chi connectivity index (χ1n) is 5.83. The van der Waals surface area contributed by atoms with E-state index in [2.05, 4.69) is 45.8 Å². The van der Waals surface area contributed by atoms with Gasteiger partial charge in [0.15, 0.2) is 5.65 Å². The predicted octanol–water partition coefficient (Wildman–Crippen LogP) is 1.42. The molecule has 0 spiro atoms. The van der Waals surface area contributed by atoms with Crippen LogP contribution in [0.1, 0.15) is 20.8 Å². The summed E-state index contributed by atoms with van der Waals surface area (Å²) in [5, 5.41) is 7.73. The van der Waals surface area contributed by atoms with E-state index in [1.165, 1.54) is 0 Å². The van der Waals surface area contributed by atoms with Gasteiger partial charge in [-0.3, -0.25) is 5.10 Å². The molecule has 3 N–H and O–H groups in total. The van der Waals surface area contributed by atoms with E-state index in [4.69, 9.17) is 5.73 Å². The van der Waals surface area contributed by atoms with Gasteiger partial charge in [-0.05, 0) is 12.8 Å². The highest BCUT2D eigenvalue weighted by molar-refractivity contribution is 5.87. The van der Waals surface area contributed by atoms with Crippen LogP contribution in [0.5, 0.6) is 0 Å². The number of hydrogen-bond acceptors (Lipinski definition) is 5. The van der Waals surface area contributed by atoms with Crippen molar-refractivity contribution in [2.75, 3.05) is 23.7 Å². The average Bonchev–Trinajstić information content (AvgIpc) is 2.72. The fourth-order valence-corrected chi connectivity index (χ4v) is 1.88. The van der Waals surface area contributed by atoms with Gasteiger partial charge >= 0.3 is 0 Å². The van der Waals surface area contributed by atoms with E-state index < -0.39 is 0 Å². The maximum Gasteiger partial charge on any atom is 0.224 e. The monoisotopic (exact) mass is 234 g/mol. The number of anilines is 2. The van der Waals surface area contributed by atoms with Crippen molar-refractivity contribution < 1.29 is 0 Å². The molecule has 0 saturated carbocycles. The highest BCUT2D eigenvalue weighted by atomic mass is 15.2. The Bertz CT molecular complexity index is 504. The van der Waals surface area contributed by atoms with Crippen LogP contribution >= 0.6 is 0 Å². The van der Waals surface area contributed by atoms with Crippen LogP contribution in [0.2, 0.25) is 0 Å². The third kappa shape index (κ3) is 2.30. The quantitative estimate of drug-likeness (QED) is 0.835. The van der Waals surface area contributed by atoms with Crippen molar-refractivity contribution in [1.82, 2.24) is 20.2 Å². The van der Waals surface area contributed by atoms with Gasteiger partial charge < -0.3 is 10.6 Å². The molecular formula is C11H18N6. The summed E-state index contributed by atoms with van der Waals surface area (Å²) >= 11 is 0. The highest BCUT2D eigenvalue weighted by Gasteiger charge is 2.14. The Morgan fingerprint density at radius 3 is 2.82 bits per heavy atom. The van der Waals surface area contributed by atoms with Gasteiger partial charge in [0.2, 0.25) is 5.95 Å². The normalized spacial score (nSPS) is 11.3. The van der Waals surface area contributed by atoms with Gasteiger partial charge in [-0.1, -0.05) is 13.8 Å². The molecule has 0 fully saturated rings. The summed E-state index contributed by atoms with van der Waals surface area (Å²) in [5.74, 6) is 1.70. The molecule has 17 heavy (non-hydrogen) atoms. The summed E-state index contributed by atoms with van der Waals surface area (Å²) in [6.45, 7) is 8.29. The highest BCUT2D eigenvalue weighted by Crippen LogP contribution is 2.23. The Balaban J connectivity index is 2.47. The van der Waals surface area contributed by atoms with Crippen molar-refractivity contribution in [1.29, 1.82) is 0 Å². The Hall–Kier alpha value is -1.85. The third-order valence-electron chi connectivity index (χ3n) is 2.57. The average molecular weight is 234 g/mol. The van der Waals surface area contributed by atoms with Crippen LogP contribution in [0.4, 0.5) is 11.8 Å². The number of nitrogen functional groups attached to an aromatic ring is 1. The maximum absolute atomic E-state index is 5.71. The van der Waals surface area contributed by atoms with Crippen LogP contribution < -0.4 is 10.6 Å². The molecule has 0 radical (unpaired) electrons. The first-order valence-corrected chi connectivity index (χ1v) is 5.83. The number of nitrogens with zero attached hydrogens (tertiary/aromatic N) is 4. The number of aromatic amines is 1. The number of aromatic nitrogens is 4. The molecule has 0 amide bonds. The van der Waals surface area contributed by atoms with Crippen molar-refractivity contribution in [3.8, 4) is 0 Å². The van der Waals surface area contributed by atoms with E-state index in [-0.39, 0.29) is 5.95 Å². The molecule has 6 nitrogen and oxygen atoms in total. The summed E-state index contributed by atoms with van der Waals surface area (Å²) in [6.07, 6.45) is 1.74. The van der Waals surface area contributed by atoms with Crippen molar-refractivity contribution in [3.63, 3.8) is 0 Å². The fourth-order valence-electron chi connectivity index (χ4n) is 1.88. The van der Waals surface area contributed by atoms with Gasteiger partial charge in [-0.2, -0.15) is 15.1 Å². The molecule has 92 valence electrons. The van der Waals surface area contributed by atoms with Gasteiger partial charge in [0.1, 0.15) is 5.82 Å². The first kappa shape index (κ1) is 11.6. The van der Waals surface area contributed by atoms with Gasteiger partial charge in [0.05, 0.1) is 11.6 Å². The maximum atomic E-state index is 5.71. The Kier molecular flexibility index (Phi) is 3.12. The smallest absolute Gasteiger partial charge is 0.224 e. The van der Waals surface area contributed by atoms with Crippen LogP contribution in [0.25, 0.3) is 11.0 Å². The lowest BCUT2D eigenvalue weighted by molar-refractivity contribution is 0.616. The van der Waals surface area contributed by atoms with Gasteiger partial charge in [-0.15, -0.1) is 0 Å². The standard InChI is InChI=1S/C11H18N6/c1-4-17(6-7(2)3)10-8-5-13-16-9(8)14-11(12)15-10/h5,7H,4,6H2,1-3H3,(H3,12,13,14,15,16). The molecule has 0 unspecified atom stereocenters. The summed E-state index contributed by atoms with van der Waals surface area (Å²) in [6, 6.07) is 0. The number of nitrogens with one attached hydrogen (secondary N) is 1. The number of H-pyrrole nitrogens is 1. The minimum atomic E-state index is 0.277. The molecule has 0 bridgehead atoms. The number of hydrogen-bond donors (Lipinski definition) is 2. The Labute approximate surface area is 100 Å². The Morgan fingerprint density at radius 2 is 2.18 bits per heavy atom. The zero-order valence-corrected chi connectivity index (χ0v) is 10.4. The van der Waals surface area contributed by atoms with Crippen molar-refractivity contribution in [3.05, 3.63) is 6.20 Å². The molecule has 0 aliphatic heterocycles. The van der Waals surface area contributed by atoms with E-state index in [0.29, 0.717) is 11.6 Å².